The molecule has 1 amide bonds. The second kappa shape index (κ2) is 7.90. The Kier molecular flexibility index (Phi) is 5.58. The van der Waals surface area contributed by atoms with Gasteiger partial charge in [0.05, 0.1) is 11.5 Å². The first-order valence-corrected chi connectivity index (χ1v) is 9.45. The second-order valence-electron chi connectivity index (χ2n) is 7.47. The minimum absolute atomic E-state index is 0.0398. The van der Waals surface area contributed by atoms with Crippen LogP contribution in [-0.4, -0.2) is 26.7 Å². The molecular weight excluding hydrogens is 344 g/mol. The van der Waals surface area contributed by atoms with E-state index in [9.17, 15) is 14.9 Å². The summed E-state index contributed by atoms with van der Waals surface area (Å²) in [7, 11) is 0. The number of carbonyl (C=O) groups is 1. The van der Waals surface area contributed by atoms with Crippen LogP contribution in [0.3, 0.4) is 0 Å². The van der Waals surface area contributed by atoms with Crippen LogP contribution in [0.4, 0.5) is 5.69 Å². The Labute approximate surface area is 158 Å². The normalized spacial score (nSPS) is 19.7. The molecule has 7 nitrogen and oxygen atoms in total. The average molecular weight is 370 g/mol. The van der Waals surface area contributed by atoms with E-state index in [1.54, 1.807) is 30.7 Å². The molecule has 0 saturated heterocycles. The third-order valence-electron chi connectivity index (χ3n) is 5.50. The van der Waals surface area contributed by atoms with E-state index in [2.05, 4.69) is 17.3 Å². The molecule has 0 spiro atoms. The molecular formula is C20H26N4O3. The van der Waals surface area contributed by atoms with Crippen molar-refractivity contribution in [2.75, 3.05) is 0 Å². The van der Waals surface area contributed by atoms with Crippen molar-refractivity contribution in [3.8, 4) is 0 Å². The Morgan fingerprint density at radius 1 is 1.26 bits per heavy atom. The zero-order chi connectivity index (χ0) is 19.6. The lowest BCUT2D eigenvalue weighted by Gasteiger charge is -2.29. The number of aryl methyl sites for hydroxylation is 1. The molecule has 0 aliphatic heterocycles. The van der Waals surface area contributed by atoms with Gasteiger partial charge in [0, 0.05) is 11.6 Å². The first-order chi connectivity index (χ1) is 12.9. The van der Waals surface area contributed by atoms with Crippen LogP contribution in [0, 0.1) is 29.9 Å². The van der Waals surface area contributed by atoms with Crippen LogP contribution < -0.4 is 5.32 Å². The van der Waals surface area contributed by atoms with Gasteiger partial charge in [-0.05, 0) is 50.3 Å². The summed E-state index contributed by atoms with van der Waals surface area (Å²) in [6.07, 6.45) is 4.62. The van der Waals surface area contributed by atoms with Crippen molar-refractivity contribution in [2.24, 2.45) is 5.92 Å². The average Bonchev–Trinajstić information content (AvgIpc) is 2.91. The molecule has 1 aromatic carbocycles. The van der Waals surface area contributed by atoms with Crippen LogP contribution in [0.25, 0.3) is 0 Å². The van der Waals surface area contributed by atoms with Gasteiger partial charge in [-0.2, -0.15) is 5.10 Å². The largest absolute Gasteiger partial charge is 0.349 e. The number of nitro groups is 1. The summed E-state index contributed by atoms with van der Waals surface area (Å²) in [5.74, 6) is 0.478. The van der Waals surface area contributed by atoms with Gasteiger partial charge < -0.3 is 5.32 Å². The van der Waals surface area contributed by atoms with Gasteiger partial charge in [-0.3, -0.25) is 19.6 Å². The van der Waals surface area contributed by atoms with Gasteiger partial charge in [-0.15, -0.1) is 0 Å². The maximum Gasteiger partial charge on any atom is 0.312 e. The third kappa shape index (κ3) is 4.18. The van der Waals surface area contributed by atoms with E-state index < -0.39 is 4.92 Å². The predicted molar refractivity (Wildman–Crippen MR) is 103 cm³/mol. The first-order valence-electron chi connectivity index (χ1n) is 9.45. The highest BCUT2D eigenvalue weighted by atomic mass is 16.6. The van der Waals surface area contributed by atoms with Crippen LogP contribution in [-0.2, 0) is 6.54 Å². The second-order valence-corrected chi connectivity index (χ2v) is 7.47. The molecule has 7 heteroatoms. The Bertz CT molecular complexity index is 842. The number of aromatic nitrogens is 2. The summed E-state index contributed by atoms with van der Waals surface area (Å²) in [5, 5.41) is 18.5. The van der Waals surface area contributed by atoms with Gasteiger partial charge >= 0.3 is 5.69 Å². The zero-order valence-corrected chi connectivity index (χ0v) is 16.1. The number of carbonyl (C=O) groups excluding carboxylic acids is 1. The molecule has 1 aliphatic rings. The third-order valence-corrected chi connectivity index (χ3v) is 5.50. The van der Waals surface area contributed by atoms with Gasteiger partial charge in [0.25, 0.3) is 5.91 Å². The topological polar surface area (TPSA) is 90.1 Å². The minimum Gasteiger partial charge on any atom is -0.349 e. The van der Waals surface area contributed by atoms with Gasteiger partial charge in [0.1, 0.15) is 11.4 Å². The molecule has 0 unspecified atom stereocenters. The number of hydrogen-bond donors (Lipinski definition) is 1. The molecule has 1 fully saturated rings. The Morgan fingerprint density at radius 3 is 2.52 bits per heavy atom. The molecule has 2 atom stereocenters. The van der Waals surface area contributed by atoms with Crippen molar-refractivity contribution >= 4 is 11.6 Å². The van der Waals surface area contributed by atoms with Gasteiger partial charge in [0.15, 0.2) is 0 Å². The maximum absolute atomic E-state index is 12.5. The molecule has 1 N–H and O–H groups in total. The van der Waals surface area contributed by atoms with Crippen molar-refractivity contribution in [2.45, 2.75) is 59.0 Å². The van der Waals surface area contributed by atoms with Crippen molar-refractivity contribution < 1.29 is 9.72 Å². The van der Waals surface area contributed by atoms with Crippen LogP contribution in [0.15, 0.2) is 24.3 Å². The van der Waals surface area contributed by atoms with E-state index in [4.69, 9.17) is 0 Å². The van der Waals surface area contributed by atoms with Crippen LogP contribution >= 0.6 is 0 Å². The molecule has 0 radical (unpaired) electrons. The molecule has 27 heavy (non-hydrogen) atoms. The fourth-order valence-corrected chi connectivity index (χ4v) is 3.82. The molecule has 144 valence electrons. The van der Waals surface area contributed by atoms with Crippen molar-refractivity contribution in [3.63, 3.8) is 0 Å². The monoisotopic (exact) mass is 370 g/mol. The van der Waals surface area contributed by atoms with Gasteiger partial charge in [-0.25, -0.2) is 0 Å². The van der Waals surface area contributed by atoms with E-state index >= 15 is 0 Å². The highest BCUT2D eigenvalue weighted by molar-refractivity contribution is 5.94. The van der Waals surface area contributed by atoms with Crippen LogP contribution in [0.1, 0.15) is 59.9 Å². The molecule has 3 rings (SSSR count). The van der Waals surface area contributed by atoms with E-state index in [-0.39, 0.29) is 17.6 Å². The number of amides is 1. The Hall–Kier alpha value is -2.70. The minimum atomic E-state index is -0.395. The summed E-state index contributed by atoms with van der Waals surface area (Å²) >= 11 is 0. The molecule has 0 bridgehead atoms. The van der Waals surface area contributed by atoms with E-state index in [0.717, 1.165) is 12.0 Å². The number of nitrogens with one attached hydrogen (secondary N) is 1. The fourth-order valence-electron chi connectivity index (χ4n) is 3.82. The zero-order valence-electron chi connectivity index (χ0n) is 16.1. The number of hydrogen-bond acceptors (Lipinski definition) is 4. The number of rotatable bonds is 5. The molecule has 1 aromatic heterocycles. The lowest BCUT2D eigenvalue weighted by molar-refractivity contribution is -0.386. The van der Waals surface area contributed by atoms with E-state index in [1.807, 2.05) is 12.1 Å². The predicted octanol–water partition coefficient (Wildman–Crippen LogP) is 3.76. The Balaban J connectivity index is 1.68. The van der Waals surface area contributed by atoms with E-state index in [0.29, 0.717) is 29.4 Å². The highest BCUT2D eigenvalue weighted by Crippen LogP contribution is 2.24. The summed E-state index contributed by atoms with van der Waals surface area (Å²) in [4.78, 5) is 23.2. The summed E-state index contributed by atoms with van der Waals surface area (Å²) in [6, 6.07) is 7.61. The lowest BCUT2D eigenvalue weighted by Crippen LogP contribution is -2.41. The van der Waals surface area contributed by atoms with Gasteiger partial charge in [-0.1, -0.05) is 31.9 Å². The van der Waals surface area contributed by atoms with E-state index in [1.165, 1.54) is 19.3 Å². The van der Waals surface area contributed by atoms with Crippen molar-refractivity contribution in [1.82, 2.24) is 15.1 Å². The SMILES string of the molecule is Cc1nn(Cc2ccc(C(=O)N[C@H]3CCCC[C@H]3C)cc2)c(C)c1[N+](=O)[O-]. The summed E-state index contributed by atoms with van der Waals surface area (Å²) in [6.45, 7) is 5.97. The van der Waals surface area contributed by atoms with Crippen LogP contribution in [0.5, 0.6) is 0 Å². The summed E-state index contributed by atoms with van der Waals surface area (Å²) in [5.41, 5.74) is 2.59. The van der Waals surface area contributed by atoms with Gasteiger partial charge in [0.2, 0.25) is 0 Å². The molecule has 1 heterocycles. The number of benzene rings is 1. The Morgan fingerprint density at radius 2 is 1.93 bits per heavy atom. The van der Waals surface area contributed by atoms with Crippen molar-refractivity contribution in [1.29, 1.82) is 0 Å². The van der Waals surface area contributed by atoms with Crippen molar-refractivity contribution in [3.05, 3.63) is 56.9 Å². The molecule has 1 saturated carbocycles. The molecule has 1 aliphatic carbocycles. The first kappa shape index (κ1) is 19.1. The fraction of sp³-hybridized carbons (Fsp3) is 0.500. The number of nitrogens with zero attached hydrogens (tertiary/aromatic N) is 3. The standard InChI is InChI=1S/C20H26N4O3/c1-13-6-4-5-7-18(13)21-20(25)17-10-8-16(9-11-17)12-23-15(3)19(24(26)27)14(2)22-23/h8-11,13,18H,4-7,12H2,1-3H3,(H,21,25)/t13-,18+/m1/s1. The quantitative estimate of drug-likeness (QED) is 0.641. The maximum atomic E-state index is 12.5. The molecule has 2 aromatic rings. The lowest BCUT2D eigenvalue weighted by atomic mass is 9.86. The summed E-state index contributed by atoms with van der Waals surface area (Å²) < 4.78 is 1.63. The smallest absolute Gasteiger partial charge is 0.312 e. The van der Waals surface area contributed by atoms with Crippen LogP contribution in [0.2, 0.25) is 0 Å². The highest BCUT2D eigenvalue weighted by Gasteiger charge is 2.24.